The maximum Gasteiger partial charge on any atom is 0.126 e. The third kappa shape index (κ3) is 3.93. The number of hydrogen-bond donors (Lipinski definition) is 0. The van der Waals surface area contributed by atoms with Gasteiger partial charge in [0.05, 0.1) is 0 Å². The molecular formula is C14H21FO. The SMILES string of the molecule is COCCCCc1cc(C(C)C)ccc1F. The van der Waals surface area contributed by atoms with Gasteiger partial charge < -0.3 is 4.74 Å². The van der Waals surface area contributed by atoms with E-state index in [1.165, 1.54) is 5.56 Å². The lowest BCUT2D eigenvalue weighted by Gasteiger charge is -2.09. The minimum absolute atomic E-state index is 0.0817. The summed E-state index contributed by atoms with van der Waals surface area (Å²) in [7, 11) is 1.69. The summed E-state index contributed by atoms with van der Waals surface area (Å²) in [5.41, 5.74) is 2.05. The van der Waals surface area contributed by atoms with Crippen LogP contribution in [0.4, 0.5) is 4.39 Å². The molecule has 2 heteroatoms. The first-order valence-electron chi connectivity index (χ1n) is 5.92. The van der Waals surface area contributed by atoms with Crippen LogP contribution in [-0.2, 0) is 11.2 Å². The van der Waals surface area contributed by atoms with E-state index in [4.69, 9.17) is 4.74 Å². The van der Waals surface area contributed by atoms with Crippen LogP contribution < -0.4 is 0 Å². The van der Waals surface area contributed by atoms with Gasteiger partial charge in [-0.25, -0.2) is 4.39 Å². The number of rotatable bonds is 6. The van der Waals surface area contributed by atoms with Crippen molar-refractivity contribution in [2.75, 3.05) is 13.7 Å². The number of aryl methyl sites for hydroxylation is 1. The van der Waals surface area contributed by atoms with Crippen LogP contribution in [0.1, 0.15) is 43.7 Å². The molecule has 0 saturated heterocycles. The molecule has 0 N–H and O–H groups in total. The van der Waals surface area contributed by atoms with Crippen molar-refractivity contribution in [2.45, 2.75) is 39.0 Å². The van der Waals surface area contributed by atoms with E-state index in [0.29, 0.717) is 5.92 Å². The van der Waals surface area contributed by atoms with E-state index in [1.54, 1.807) is 13.2 Å². The van der Waals surface area contributed by atoms with Crippen molar-refractivity contribution < 1.29 is 9.13 Å². The summed E-state index contributed by atoms with van der Waals surface area (Å²) in [6, 6.07) is 5.45. The lowest BCUT2D eigenvalue weighted by Crippen LogP contribution is -1.97. The van der Waals surface area contributed by atoms with Gasteiger partial charge in [-0.1, -0.05) is 26.0 Å². The van der Waals surface area contributed by atoms with E-state index in [0.717, 1.165) is 31.4 Å². The van der Waals surface area contributed by atoms with Crippen molar-refractivity contribution in [3.05, 3.63) is 35.1 Å². The van der Waals surface area contributed by atoms with Gasteiger partial charge in [-0.15, -0.1) is 0 Å². The Balaban J connectivity index is 2.60. The molecule has 0 heterocycles. The quantitative estimate of drug-likeness (QED) is 0.665. The van der Waals surface area contributed by atoms with Crippen LogP contribution in [0.3, 0.4) is 0 Å². The van der Waals surface area contributed by atoms with Gasteiger partial charge in [-0.05, 0) is 42.4 Å². The molecule has 1 rings (SSSR count). The summed E-state index contributed by atoms with van der Waals surface area (Å²) < 4.78 is 18.5. The highest BCUT2D eigenvalue weighted by Gasteiger charge is 2.05. The van der Waals surface area contributed by atoms with Crippen LogP contribution in [0.15, 0.2) is 18.2 Å². The zero-order valence-corrected chi connectivity index (χ0v) is 10.4. The molecule has 1 aromatic rings. The number of hydrogen-bond acceptors (Lipinski definition) is 1. The monoisotopic (exact) mass is 224 g/mol. The topological polar surface area (TPSA) is 9.23 Å². The fraction of sp³-hybridized carbons (Fsp3) is 0.571. The van der Waals surface area contributed by atoms with Gasteiger partial charge in [0.2, 0.25) is 0 Å². The van der Waals surface area contributed by atoms with Crippen molar-refractivity contribution in [1.29, 1.82) is 0 Å². The Kier molecular flexibility index (Phi) is 5.47. The van der Waals surface area contributed by atoms with E-state index in [-0.39, 0.29) is 5.82 Å². The number of unbranched alkanes of at least 4 members (excludes halogenated alkanes) is 1. The predicted molar refractivity (Wildman–Crippen MR) is 65.3 cm³/mol. The summed E-state index contributed by atoms with van der Waals surface area (Å²) in [5.74, 6) is 0.375. The summed E-state index contributed by atoms with van der Waals surface area (Å²) in [4.78, 5) is 0. The van der Waals surface area contributed by atoms with Crippen molar-refractivity contribution >= 4 is 0 Å². The first kappa shape index (κ1) is 13.2. The molecular weight excluding hydrogens is 203 g/mol. The first-order valence-corrected chi connectivity index (χ1v) is 5.92. The lowest BCUT2D eigenvalue weighted by molar-refractivity contribution is 0.193. The fourth-order valence-corrected chi connectivity index (χ4v) is 1.71. The second-order valence-corrected chi connectivity index (χ2v) is 4.46. The molecule has 0 atom stereocenters. The van der Waals surface area contributed by atoms with Crippen LogP contribution in [0.2, 0.25) is 0 Å². The molecule has 1 aromatic carbocycles. The van der Waals surface area contributed by atoms with Crippen LogP contribution in [0, 0.1) is 5.82 Å². The van der Waals surface area contributed by atoms with Crippen molar-refractivity contribution in [1.82, 2.24) is 0 Å². The van der Waals surface area contributed by atoms with Gasteiger partial charge >= 0.3 is 0 Å². The maximum absolute atomic E-state index is 13.5. The molecule has 1 nitrogen and oxygen atoms in total. The van der Waals surface area contributed by atoms with Crippen molar-refractivity contribution in [3.63, 3.8) is 0 Å². The van der Waals surface area contributed by atoms with Crippen LogP contribution >= 0.6 is 0 Å². The van der Waals surface area contributed by atoms with Gasteiger partial charge in [-0.2, -0.15) is 0 Å². The molecule has 0 radical (unpaired) electrons. The summed E-state index contributed by atoms with van der Waals surface area (Å²) in [6.45, 7) is 5.01. The molecule has 0 amide bonds. The smallest absolute Gasteiger partial charge is 0.126 e. The highest BCUT2D eigenvalue weighted by Crippen LogP contribution is 2.19. The fourth-order valence-electron chi connectivity index (χ4n) is 1.71. The molecule has 0 aromatic heterocycles. The Hall–Kier alpha value is -0.890. The molecule has 90 valence electrons. The molecule has 16 heavy (non-hydrogen) atoms. The number of halogens is 1. The minimum atomic E-state index is -0.0817. The maximum atomic E-state index is 13.5. The third-order valence-electron chi connectivity index (χ3n) is 2.78. The summed E-state index contributed by atoms with van der Waals surface area (Å²) >= 11 is 0. The highest BCUT2D eigenvalue weighted by molar-refractivity contribution is 5.27. The van der Waals surface area contributed by atoms with E-state index in [9.17, 15) is 4.39 Å². The Morgan fingerprint density at radius 2 is 2.00 bits per heavy atom. The second kappa shape index (κ2) is 6.64. The van der Waals surface area contributed by atoms with E-state index < -0.39 is 0 Å². The Bertz CT molecular complexity index is 321. The van der Waals surface area contributed by atoms with Gasteiger partial charge in [0.1, 0.15) is 5.82 Å². The third-order valence-corrected chi connectivity index (χ3v) is 2.78. The average molecular weight is 224 g/mol. The van der Waals surface area contributed by atoms with Crippen LogP contribution in [0.5, 0.6) is 0 Å². The van der Waals surface area contributed by atoms with Crippen molar-refractivity contribution in [2.24, 2.45) is 0 Å². The van der Waals surface area contributed by atoms with Crippen LogP contribution in [0.25, 0.3) is 0 Å². The molecule has 0 fully saturated rings. The molecule has 0 spiro atoms. The van der Waals surface area contributed by atoms with Gasteiger partial charge in [0.15, 0.2) is 0 Å². The molecule has 0 unspecified atom stereocenters. The molecule has 0 aliphatic heterocycles. The van der Waals surface area contributed by atoms with E-state index >= 15 is 0 Å². The Labute approximate surface area is 97.6 Å². The van der Waals surface area contributed by atoms with E-state index in [1.807, 2.05) is 12.1 Å². The molecule has 0 bridgehead atoms. The Morgan fingerprint density at radius 3 is 2.62 bits per heavy atom. The van der Waals surface area contributed by atoms with Gasteiger partial charge in [0, 0.05) is 13.7 Å². The lowest BCUT2D eigenvalue weighted by atomic mass is 9.98. The predicted octanol–water partition coefficient (Wildman–Crippen LogP) is 3.92. The minimum Gasteiger partial charge on any atom is -0.385 e. The van der Waals surface area contributed by atoms with Crippen LogP contribution in [-0.4, -0.2) is 13.7 Å². The summed E-state index contributed by atoms with van der Waals surface area (Å²) in [5, 5.41) is 0. The second-order valence-electron chi connectivity index (χ2n) is 4.46. The van der Waals surface area contributed by atoms with E-state index in [2.05, 4.69) is 13.8 Å². The van der Waals surface area contributed by atoms with Gasteiger partial charge in [0.25, 0.3) is 0 Å². The largest absolute Gasteiger partial charge is 0.385 e. The molecule has 0 aliphatic carbocycles. The number of benzene rings is 1. The van der Waals surface area contributed by atoms with Crippen molar-refractivity contribution in [3.8, 4) is 0 Å². The summed E-state index contributed by atoms with van der Waals surface area (Å²) in [6.07, 6.45) is 2.77. The van der Waals surface area contributed by atoms with Gasteiger partial charge in [-0.3, -0.25) is 0 Å². The normalized spacial score (nSPS) is 11.1. The molecule has 0 aliphatic rings. The zero-order chi connectivity index (χ0) is 12.0. The standard InChI is InChI=1S/C14H21FO/c1-11(2)12-7-8-14(15)13(10-12)6-4-5-9-16-3/h7-8,10-11H,4-6,9H2,1-3H3. The first-order chi connectivity index (χ1) is 7.65. The number of methoxy groups -OCH3 is 1. The Morgan fingerprint density at radius 1 is 1.25 bits per heavy atom. The average Bonchev–Trinajstić information content (AvgIpc) is 2.26. The number of ether oxygens (including phenoxy) is 1. The molecule has 0 saturated carbocycles. The highest BCUT2D eigenvalue weighted by atomic mass is 19.1. The zero-order valence-electron chi connectivity index (χ0n) is 10.4.